The molecular formula is C21H23N3. The molecule has 4 heterocycles. The summed E-state index contributed by atoms with van der Waals surface area (Å²) in [6.07, 6.45) is 6.22. The molecule has 0 radical (unpaired) electrons. The number of hydrogen-bond acceptors (Lipinski definition) is 2. The average molecular weight is 317 g/mol. The molecule has 0 saturated carbocycles. The van der Waals surface area contributed by atoms with Crippen molar-refractivity contribution in [2.75, 3.05) is 13.6 Å². The Bertz CT molecular complexity index is 923. The third-order valence-electron chi connectivity index (χ3n) is 5.84. The van der Waals surface area contributed by atoms with E-state index in [1.165, 1.54) is 47.0 Å². The van der Waals surface area contributed by atoms with Crippen LogP contribution < -0.4 is 0 Å². The second kappa shape index (κ2) is 5.18. The average Bonchev–Trinajstić information content (AvgIpc) is 2.90. The molecule has 0 fully saturated rings. The summed E-state index contributed by atoms with van der Waals surface area (Å²) in [4.78, 5) is 6.65. The van der Waals surface area contributed by atoms with Crippen LogP contribution in [0.5, 0.6) is 0 Å². The van der Waals surface area contributed by atoms with E-state index in [4.69, 9.17) is 0 Å². The Morgan fingerprint density at radius 2 is 1.96 bits per heavy atom. The number of benzene rings is 1. The molecule has 122 valence electrons. The summed E-state index contributed by atoms with van der Waals surface area (Å²) in [6.45, 7) is 5.64. The summed E-state index contributed by atoms with van der Waals surface area (Å²) >= 11 is 0. The summed E-state index contributed by atoms with van der Waals surface area (Å²) in [5.74, 6) is 0.497. The van der Waals surface area contributed by atoms with Gasteiger partial charge < -0.3 is 9.47 Å². The predicted molar refractivity (Wildman–Crippen MR) is 97.4 cm³/mol. The molecule has 0 saturated heterocycles. The number of fused-ring (bicyclic) bond motifs is 3. The Kier molecular flexibility index (Phi) is 3.07. The monoisotopic (exact) mass is 317 g/mol. The molecule has 24 heavy (non-hydrogen) atoms. The van der Waals surface area contributed by atoms with Crippen molar-refractivity contribution in [2.24, 2.45) is 0 Å². The van der Waals surface area contributed by atoms with Gasteiger partial charge in [0.15, 0.2) is 0 Å². The highest BCUT2D eigenvalue weighted by Gasteiger charge is 2.30. The van der Waals surface area contributed by atoms with Crippen LogP contribution in [-0.2, 0) is 19.5 Å². The standard InChI is InChI=1S/C21H23N3/c1-14-11-17-16(15-3-7-22-8-4-15)5-10-24-20-6-9-23(2)13-19(20)18(12-14)21(17)24/h3-4,7-8,11-12,16H,5-6,9-10,13H2,1-2H3. The number of aryl methyl sites for hydroxylation is 2. The van der Waals surface area contributed by atoms with E-state index in [-0.39, 0.29) is 0 Å². The summed E-state index contributed by atoms with van der Waals surface area (Å²) in [5.41, 5.74) is 8.95. The van der Waals surface area contributed by atoms with Gasteiger partial charge in [0.25, 0.3) is 0 Å². The van der Waals surface area contributed by atoms with Gasteiger partial charge in [-0.3, -0.25) is 4.98 Å². The van der Waals surface area contributed by atoms with Gasteiger partial charge in [-0.05, 0) is 55.3 Å². The van der Waals surface area contributed by atoms with E-state index in [1.807, 2.05) is 12.4 Å². The minimum atomic E-state index is 0.497. The SMILES string of the molecule is Cc1cc2c3c(c1)c1c(n3CCC2c2ccncc2)CCN(C)C1. The van der Waals surface area contributed by atoms with E-state index >= 15 is 0 Å². The van der Waals surface area contributed by atoms with Gasteiger partial charge in [0.1, 0.15) is 0 Å². The summed E-state index contributed by atoms with van der Waals surface area (Å²) in [5, 5.41) is 1.49. The van der Waals surface area contributed by atoms with Gasteiger partial charge in [-0.15, -0.1) is 0 Å². The molecule has 0 N–H and O–H groups in total. The molecule has 0 amide bonds. The number of pyridine rings is 1. The first kappa shape index (κ1) is 14.2. The maximum absolute atomic E-state index is 4.20. The molecule has 0 spiro atoms. The maximum atomic E-state index is 4.20. The lowest BCUT2D eigenvalue weighted by molar-refractivity contribution is 0.308. The molecule has 3 nitrogen and oxygen atoms in total. The topological polar surface area (TPSA) is 21.1 Å². The van der Waals surface area contributed by atoms with Crippen molar-refractivity contribution in [1.29, 1.82) is 0 Å². The molecule has 3 aromatic rings. The largest absolute Gasteiger partial charge is 0.344 e. The van der Waals surface area contributed by atoms with Crippen LogP contribution in [0.1, 0.15) is 40.3 Å². The first-order chi connectivity index (χ1) is 11.7. The lowest BCUT2D eigenvalue weighted by atomic mass is 9.85. The van der Waals surface area contributed by atoms with Crippen LogP contribution in [0.2, 0.25) is 0 Å². The van der Waals surface area contributed by atoms with Crippen molar-refractivity contribution >= 4 is 10.9 Å². The summed E-state index contributed by atoms with van der Waals surface area (Å²) in [7, 11) is 2.24. The summed E-state index contributed by atoms with van der Waals surface area (Å²) < 4.78 is 2.63. The van der Waals surface area contributed by atoms with E-state index < -0.39 is 0 Å². The van der Waals surface area contributed by atoms with Crippen LogP contribution in [0, 0.1) is 6.92 Å². The molecule has 1 aromatic carbocycles. The van der Waals surface area contributed by atoms with Crippen molar-refractivity contribution in [1.82, 2.24) is 14.5 Å². The normalized spacial score (nSPS) is 20.3. The Hall–Kier alpha value is -2.13. The van der Waals surface area contributed by atoms with Gasteiger partial charge in [-0.25, -0.2) is 0 Å². The van der Waals surface area contributed by atoms with Crippen LogP contribution in [0.4, 0.5) is 0 Å². The number of likely N-dealkylation sites (N-methyl/N-ethyl adjacent to an activating group) is 1. The van der Waals surface area contributed by atoms with E-state index in [0.717, 1.165) is 13.1 Å². The Morgan fingerprint density at radius 1 is 1.12 bits per heavy atom. The zero-order valence-corrected chi connectivity index (χ0v) is 14.4. The van der Waals surface area contributed by atoms with Gasteiger partial charge >= 0.3 is 0 Å². The van der Waals surface area contributed by atoms with E-state index in [0.29, 0.717) is 5.92 Å². The molecule has 2 aliphatic heterocycles. The number of aromatic nitrogens is 2. The second-order valence-corrected chi connectivity index (χ2v) is 7.44. The van der Waals surface area contributed by atoms with Crippen molar-refractivity contribution in [2.45, 2.75) is 38.8 Å². The zero-order chi connectivity index (χ0) is 16.3. The highest BCUT2D eigenvalue weighted by molar-refractivity contribution is 5.90. The predicted octanol–water partition coefficient (Wildman–Crippen LogP) is 3.87. The van der Waals surface area contributed by atoms with Crippen LogP contribution in [0.3, 0.4) is 0 Å². The highest BCUT2D eigenvalue weighted by Crippen LogP contribution is 2.42. The minimum Gasteiger partial charge on any atom is -0.344 e. The fourth-order valence-corrected chi connectivity index (χ4v) is 4.77. The van der Waals surface area contributed by atoms with E-state index in [9.17, 15) is 0 Å². The minimum absolute atomic E-state index is 0.497. The quantitative estimate of drug-likeness (QED) is 0.679. The van der Waals surface area contributed by atoms with Gasteiger partial charge in [0, 0.05) is 55.4 Å². The Balaban J connectivity index is 1.79. The summed E-state index contributed by atoms with van der Waals surface area (Å²) in [6, 6.07) is 9.19. The smallest absolute Gasteiger partial charge is 0.0524 e. The molecule has 0 bridgehead atoms. The van der Waals surface area contributed by atoms with Gasteiger partial charge in [0.2, 0.25) is 0 Å². The van der Waals surface area contributed by atoms with Crippen LogP contribution in [-0.4, -0.2) is 28.0 Å². The van der Waals surface area contributed by atoms with Crippen molar-refractivity contribution < 1.29 is 0 Å². The van der Waals surface area contributed by atoms with Crippen molar-refractivity contribution in [3.63, 3.8) is 0 Å². The number of nitrogens with zero attached hydrogens (tertiary/aromatic N) is 3. The van der Waals surface area contributed by atoms with Crippen molar-refractivity contribution in [3.05, 3.63) is 64.6 Å². The first-order valence-corrected chi connectivity index (χ1v) is 8.95. The number of rotatable bonds is 1. The number of hydrogen-bond donors (Lipinski definition) is 0. The Labute approximate surface area is 142 Å². The molecule has 5 rings (SSSR count). The third-order valence-corrected chi connectivity index (χ3v) is 5.84. The Morgan fingerprint density at radius 3 is 2.79 bits per heavy atom. The molecule has 2 aliphatic rings. The molecule has 0 aliphatic carbocycles. The van der Waals surface area contributed by atoms with Crippen LogP contribution in [0.25, 0.3) is 10.9 Å². The van der Waals surface area contributed by atoms with Gasteiger partial charge in [-0.1, -0.05) is 11.6 Å². The lowest BCUT2D eigenvalue weighted by Crippen LogP contribution is -2.27. The highest BCUT2D eigenvalue weighted by atomic mass is 15.1. The van der Waals surface area contributed by atoms with Gasteiger partial charge in [0.05, 0.1) is 5.52 Å². The van der Waals surface area contributed by atoms with E-state index in [1.54, 1.807) is 11.3 Å². The second-order valence-electron chi connectivity index (χ2n) is 7.44. The molecule has 3 heteroatoms. The fourth-order valence-electron chi connectivity index (χ4n) is 4.77. The third kappa shape index (κ3) is 1.97. The van der Waals surface area contributed by atoms with Crippen molar-refractivity contribution in [3.8, 4) is 0 Å². The molecule has 2 aromatic heterocycles. The van der Waals surface area contributed by atoms with Crippen LogP contribution >= 0.6 is 0 Å². The fraction of sp³-hybridized carbons (Fsp3) is 0.381. The molecule has 1 unspecified atom stereocenters. The molecule has 1 atom stereocenters. The van der Waals surface area contributed by atoms with Crippen LogP contribution in [0.15, 0.2) is 36.7 Å². The first-order valence-electron chi connectivity index (χ1n) is 8.95. The van der Waals surface area contributed by atoms with Gasteiger partial charge in [-0.2, -0.15) is 0 Å². The maximum Gasteiger partial charge on any atom is 0.0524 e. The zero-order valence-electron chi connectivity index (χ0n) is 14.4. The van der Waals surface area contributed by atoms with E-state index in [2.05, 4.69) is 52.7 Å². The lowest BCUT2D eigenvalue weighted by Gasteiger charge is -2.28. The molecular weight excluding hydrogens is 294 g/mol.